The van der Waals surface area contributed by atoms with Gasteiger partial charge in [-0.05, 0) is 6.07 Å². The summed E-state index contributed by atoms with van der Waals surface area (Å²) in [7, 11) is 1.15. The third-order valence-electron chi connectivity index (χ3n) is 1.83. The third-order valence-corrected chi connectivity index (χ3v) is 2.04. The van der Waals surface area contributed by atoms with Crippen LogP contribution in [0.1, 0.15) is 5.56 Å². The van der Waals surface area contributed by atoms with Crippen LogP contribution < -0.4 is 5.43 Å². The van der Waals surface area contributed by atoms with Crippen LogP contribution in [-0.2, 0) is 4.74 Å². The van der Waals surface area contributed by atoms with E-state index in [1.807, 2.05) is 5.43 Å². The maximum atomic E-state index is 10.7. The lowest BCUT2D eigenvalue weighted by Gasteiger charge is -2.01. The number of hydrogen-bond donors (Lipinski definition) is 2. The van der Waals surface area contributed by atoms with Gasteiger partial charge in [0.05, 0.1) is 18.2 Å². The second-order valence-corrected chi connectivity index (χ2v) is 3.42. The molecule has 0 radical (unpaired) electrons. The largest absolute Gasteiger partial charge is 0.502 e. The molecule has 0 aliphatic carbocycles. The van der Waals surface area contributed by atoms with E-state index in [-0.39, 0.29) is 10.6 Å². The number of nitro benzene ring substituents is 1. The molecule has 0 saturated heterocycles. The van der Waals surface area contributed by atoms with Crippen molar-refractivity contribution in [1.29, 1.82) is 0 Å². The molecule has 0 unspecified atom stereocenters. The monoisotopic (exact) mass is 273 g/mol. The van der Waals surface area contributed by atoms with Crippen LogP contribution in [0.4, 0.5) is 10.5 Å². The molecule has 0 fully saturated rings. The first kappa shape index (κ1) is 13.7. The molecule has 2 N–H and O–H groups in total. The summed E-state index contributed by atoms with van der Waals surface area (Å²) >= 11 is 5.65. The smallest absolute Gasteiger partial charge is 0.427 e. The lowest BCUT2D eigenvalue weighted by atomic mass is 10.2. The Bertz CT molecular complexity index is 517. The molecule has 9 heteroatoms. The number of benzene rings is 1. The molecule has 0 aromatic heterocycles. The van der Waals surface area contributed by atoms with Crippen molar-refractivity contribution in [3.63, 3.8) is 0 Å². The Hall–Kier alpha value is -2.35. The van der Waals surface area contributed by atoms with Crippen molar-refractivity contribution in [2.24, 2.45) is 5.10 Å². The zero-order valence-corrected chi connectivity index (χ0v) is 9.84. The number of rotatable bonds is 3. The molecule has 1 rings (SSSR count). The Kier molecular flexibility index (Phi) is 4.44. The minimum absolute atomic E-state index is 0.00870. The lowest BCUT2D eigenvalue weighted by Crippen LogP contribution is -2.16. The molecule has 18 heavy (non-hydrogen) atoms. The van der Waals surface area contributed by atoms with E-state index >= 15 is 0 Å². The van der Waals surface area contributed by atoms with Gasteiger partial charge in [-0.25, -0.2) is 10.2 Å². The van der Waals surface area contributed by atoms with Gasteiger partial charge in [-0.2, -0.15) is 5.10 Å². The van der Waals surface area contributed by atoms with Gasteiger partial charge in [-0.3, -0.25) is 10.1 Å². The minimum Gasteiger partial charge on any atom is -0.502 e. The fourth-order valence-electron chi connectivity index (χ4n) is 1.04. The highest BCUT2D eigenvalue weighted by atomic mass is 35.5. The van der Waals surface area contributed by atoms with E-state index in [1.54, 1.807) is 0 Å². The van der Waals surface area contributed by atoms with E-state index in [4.69, 9.17) is 11.6 Å². The van der Waals surface area contributed by atoms with Gasteiger partial charge in [-0.15, -0.1) is 0 Å². The Morgan fingerprint density at radius 1 is 1.67 bits per heavy atom. The van der Waals surface area contributed by atoms with Gasteiger partial charge in [0.15, 0.2) is 0 Å². The third kappa shape index (κ3) is 3.32. The van der Waals surface area contributed by atoms with E-state index in [2.05, 4.69) is 9.84 Å². The Morgan fingerprint density at radius 2 is 2.33 bits per heavy atom. The first-order valence-corrected chi connectivity index (χ1v) is 4.87. The average Bonchev–Trinajstić information content (AvgIpc) is 2.32. The SMILES string of the molecule is COC(=O)NN=Cc1cc(Cl)cc([N+](=O)[O-])c1O. The maximum absolute atomic E-state index is 10.7. The molecule has 0 atom stereocenters. The van der Waals surface area contributed by atoms with E-state index in [0.717, 1.165) is 19.4 Å². The molecule has 0 aliphatic heterocycles. The molecule has 1 aromatic rings. The van der Waals surface area contributed by atoms with Gasteiger partial charge >= 0.3 is 11.8 Å². The molecule has 0 spiro atoms. The number of nitrogens with zero attached hydrogens (tertiary/aromatic N) is 2. The second kappa shape index (κ2) is 5.82. The fourth-order valence-corrected chi connectivity index (χ4v) is 1.26. The number of methoxy groups -OCH3 is 1. The fraction of sp³-hybridized carbons (Fsp3) is 0.111. The number of halogens is 1. The van der Waals surface area contributed by atoms with E-state index in [1.165, 1.54) is 6.07 Å². The normalized spacial score (nSPS) is 10.3. The number of phenols is 1. The molecule has 8 nitrogen and oxygen atoms in total. The molecule has 0 bridgehead atoms. The van der Waals surface area contributed by atoms with Crippen LogP contribution in [0.25, 0.3) is 0 Å². The van der Waals surface area contributed by atoms with E-state index in [9.17, 15) is 20.0 Å². The topological polar surface area (TPSA) is 114 Å². The number of nitro groups is 1. The standard InChI is InChI=1S/C9H8ClN3O5/c1-18-9(15)12-11-4-5-2-6(10)3-7(8(5)14)13(16)17/h2-4,14H,1H3,(H,12,15). The van der Waals surface area contributed by atoms with Crippen molar-refractivity contribution in [2.45, 2.75) is 0 Å². The van der Waals surface area contributed by atoms with Crippen LogP contribution in [0.15, 0.2) is 17.2 Å². The molecule has 0 saturated carbocycles. The van der Waals surface area contributed by atoms with Gasteiger partial charge < -0.3 is 9.84 Å². The van der Waals surface area contributed by atoms with E-state index in [0.29, 0.717) is 0 Å². The van der Waals surface area contributed by atoms with Gasteiger partial charge in [0.25, 0.3) is 0 Å². The van der Waals surface area contributed by atoms with Crippen LogP contribution in [-0.4, -0.2) is 29.4 Å². The summed E-state index contributed by atoms with van der Waals surface area (Å²) in [6.45, 7) is 0. The summed E-state index contributed by atoms with van der Waals surface area (Å²) in [5.41, 5.74) is 1.40. The number of hydrazone groups is 1. The van der Waals surface area contributed by atoms with E-state index < -0.39 is 22.5 Å². The number of phenolic OH excluding ortho intramolecular Hbond substituents is 1. The molecule has 96 valence electrons. The van der Waals surface area contributed by atoms with Crippen molar-refractivity contribution in [2.75, 3.05) is 7.11 Å². The summed E-state index contributed by atoms with van der Waals surface area (Å²) in [6, 6.07) is 2.26. The number of carbonyl (C=O) groups is 1. The second-order valence-electron chi connectivity index (χ2n) is 2.98. The van der Waals surface area contributed by atoms with Crippen LogP contribution in [0.5, 0.6) is 5.75 Å². The number of aromatic hydroxyl groups is 1. The van der Waals surface area contributed by atoms with Gasteiger partial charge in [0, 0.05) is 16.7 Å². The Labute approximate surface area is 106 Å². The molecule has 1 aromatic carbocycles. The molecular formula is C9H8ClN3O5. The average molecular weight is 274 g/mol. The first-order chi connectivity index (χ1) is 8.45. The van der Waals surface area contributed by atoms with Crippen LogP contribution in [0.2, 0.25) is 5.02 Å². The highest BCUT2D eigenvalue weighted by Crippen LogP contribution is 2.32. The summed E-state index contributed by atoms with van der Waals surface area (Å²) in [5, 5.41) is 23.7. The van der Waals surface area contributed by atoms with Crippen LogP contribution in [0.3, 0.4) is 0 Å². The molecule has 1 amide bonds. The quantitative estimate of drug-likeness (QED) is 0.493. The van der Waals surface area contributed by atoms with Crippen molar-refractivity contribution in [3.05, 3.63) is 32.8 Å². The zero-order chi connectivity index (χ0) is 13.7. The Balaban J connectivity index is 3.02. The lowest BCUT2D eigenvalue weighted by molar-refractivity contribution is -0.385. The predicted molar refractivity (Wildman–Crippen MR) is 62.9 cm³/mol. The van der Waals surface area contributed by atoms with Gasteiger partial charge in [-0.1, -0.05) is 11.6 Å². The minimum atomic E-state index is -0.817. The highest BCUT2D eigenvalue weighted by molar-refractivity contribution is 6.31. The van der Waals surface area contributed by atoms with Gasteiger partial charge in [0.2, 0.25) is 5.75 Å². The zero-order valence-electron chi connectivity index (χ0n) is 9.08. The molecule has 0 heterocycles. The molecule has 0 aliphatic rings. The number of ether oxygens (including phenoxy) is 1. The highest BCUT2D eigenvalue weighted by Gasteiger charge is 2.17. The summed E-state index contributed by atoms with van der Waals surface area (Å²) < 4.78 is 4.24. The number of hydrogen-bond acceptors (Lipinski definition) is 6. The number of carbonyl (C=O) groups excluding carboxylic acids is 1. The van der Waals surface area contributed by atoms with Crippen molar-refractivity contribution in [1.82, 2.24) is 5.43 Å². The number of nitrogens with one attached hydrogen (secondary N) is 1. The van der Waals surface area contributed by atoms with Crippen LogP contribution in [0, 0.1) is 10.1 Å². The summed E-state index contributed by atoms with van der Waals surface area (Å²) in [4.78, 5) is 20.5. The number of amides is 1. The van der Waals surface area contributed by atoms with Crippen molar-refractivity contribution < 1.29 is 19.6 Å². The van der Waals surface area contributed by atoms with Crippen molar-refractivity contribution in [3.8, 4) is 5.75 Å². The Morgan fingerprint density at radius 3 is 2.89 bits per heavy atom. The van der Waals surface area contributed by atoms with Gasteiger partial charge in [0.1, 0.15) is 0 Å². The molecular weight excluding hydrogens is 266 g/mol. The summed E-state index contributed by atoms with van der Waals surface area (Å²) in [5.74, 6) is -0.597. The van der Waals surface area contributed by atoms with Crippen molar-refractivity contribution >= 4 is 29.6 Å². The van der Waals surface area contributed by atoms with Crippen LogP contribution >= 0.6 is 11.6 Å². The maximum Gasteiger partial charge on any atom is 0.427 e. The predicted octanol–water partition coefficient (Wildman–Crippen LogP) is 1.64. The summed E-state index contributed by atoms with van der Waals surface area (Å²) in [6.07, 6.45) is 0.188. The first-order valence-electron chi connectivity index (χ1n) is 4.49.